The third kappa shape index (κ3) is 7.28. The quantitative estimate of drug-likeness (QED) is 0.284. The Morgan fingerprint density at radius 2 is 1.86 bits per heavy atom. The van der Waals surface area contributed by atoms with Gasteiger partial charge in [-0.15, -0.1) is 0 Å². The monoisotopic (exact) mass is 262 g/mol. The molecule has 0 aromatic heterocycles. The molecule has 1 aromatic carbocycles. The summed E-state index contributed by atoms with van der Waals surface area (Å²) in [6, 6.07) is 10.0. The van der Waals surface area contributed by atoms with Gasteiger partial charge >= 0.3 is 23.1 Å². The van der Waals surface area contributed by atoms with Crippen molar-refractivity contribution in [2.24, 2.45) is 0 Å². The zero-order chi connectivity index (χ0) is 8.65. The van der Waals surface area contributed by atoms with Crippen LogP contribution in [0.4, 0.5) is 0 Å². The normalized spacial score (nSPS) is 7.43. The Morgan fingerprint density at radius 1 is 1.21 bits per heavy atom. The van der Waals surface area contributed by atoms with Crippen LogP contribution in [0.2, 0.25) is 0 Å². The fraction of sp³-hybridized carbons (Fsp3) is 0.182. The Hall–Kier alpha value is -0.144. The summed E-state index contributed by atoms with van der Waals surface area (Å²) in [5, 5.41) is 0. The molecule has 0 radical (unpaired) electrons. The number of hydrogen-bond acceptors (Lipinski definition) is 1. The van der Waals surface area contributed by atoms with Crippen LogP contribution in [0, 0.1) is 18.8 Å². The smallest absolute Gasteiger partial charge is 1.00 e. The number of hydrogen-bond donors (Lipinski definition) is 0. The molecule has 0 aliphatic heterocycles. The molecule has 70 valence electrons. The van der Waals surface area contributed by atoms with Crippen molar-refractivity contribution in [3.63, 3.8) is 0 Å². The van der Waals surface area contributed by atoms with E-state index < -0.39 is 0 Å². The van der Waals surface area contributed by atoms with Crippen LogP contribution in [0.5, 0.6) is 0 Å². The van der Waals surface area contributed by atoms with Crippen molar-refractivity contribution in [1.29, 1.82) is 0 Å². The van der Waals surface area contributed by atoms with Gasteiger partial charge in [-0.25, -0.2) is 0 Å². The topological polar surface area (TPSA) is 9.23 Å². The first-order valence-corrected chi connectivity index (χ1v) is 3.80. The van der Waals surface area contributed by atoms with Crippen molar-refractivity contribution in [3.8, 4) is 11.8 Å². The molecule has 3 heteroatoms. The van der Waals surface area contributed by atoms with Gasteiger partial charge in [-0.1, -0.05) is 30.3 Å². The van der Waals surface area contributed by atoms with E-state index in [4.69, 9.17) is 4.74 Å². The summed E-state index contributed by atoms with van der Waals surface area (Å²) in [6.45, 7) is 4.47. The first-order chi connectivity index (χ1) is 5.93. The average molecular weight is 263 g/mol. The maximum absolute atomic E-state index is 5.25. The predicted molar refractivity (Wildman–Crippen MR) is 55.0 cm³/mol. The molecule has 1 rings (SSSR count). The summed E-state index contributed by atoms with van der Waals surface area (Å²) in [6.07, 6.45) is 0. The van der Waals surface area contributed by atoms with Gasteiger partial charge in [0.1, 0.15) is 0 Å². The van der Waals surface area contributed by atoms with Gasteiger partial charge < -0.3 is 27.6 Å². The number of halogens is 1. The van der Waals surface area contributed by atoms with E-state index in [-0.39, 0.29) is 40.0 Å². The van der Waals surface area contributed by atoms with E-state index in [1.54, 1.807) is 0 Å². The number of ether oxygens (including phenoxy) is 1. The fourth-order valence-electron chi connectivity index (χ4n) is 0.845. The van der Waals surface area contributed by atoms with Gasteiger partial charge in [-0.2, -0.15) is 6.92 Å². The second-order valence-corrected chi connectivity index (χ2v) is 2.33. The molecule has 14 heavy (non-hydrogen) atoms. The molecule has 0 N–H and O–H groups in total. The van der Waals surface area contributed by atoms with E-state index in [1.807, 2.05) is 30.3 Å². The summed E-state index contributed by atoms with van der Waals surface area (Å²) in [5.74, 6) is 5.26. The van der Waals surface area contributed by atoms with Gasteiger partial charge in [-0.3, -0.25) is 5.92 Å². The molecular formula is C11H11BrMgO. The van der Waals surface area contributed by atoms with Crippen LogP contribution in [0.3, 0.4) is 0 Å². The third-order valence-corrected chi connectivity index (χ3v) is 1.41. The summed E-state index contributed by atoms with van der Waals surface area (Å²) in [5.41, 5.74) is 1.17. The zero-order valence-electron chi connectivity index (χ0n) is 8.00. The Morgan fingerprint density at radius 3 is 2.43 bits per heavy atom. The maximum Gasteiger partial charge on any atom is 2.00 e. The Balaban J connectivity index is 0. The summed E-state index contributed by atoms with van der Waals surface area (Å²) in [4.78, 5) is 0. The molecule has 0 bridgehead atoms. The average Bonchev–Trinajstić information content (AvgIpc) is 2.14. The first kappa shape index (κ1) is 16.3. The van der Waals surface area contributed by atoms with Crippen molar-refractivity contribution in [2.75, 3.05) is 6.61 Å². The number of benzene rings is 1. The molecule has 0 spiro atoms. The van der Waals surface area contributed by atoms with Crippen LogP contribution in [0.25, 0.3) is 0 Å². The largest absolute Gasteiger partial charge is 2.00 e. The molecule has 0 fully saturated rings. The summed E-state index contributed by atoms with van der Waals surface area (Å²) >= 11 is 0. The van der Waals surface area contributed by atoms with E-state index in [9.17, 15) is 0 Å². The molecule has 0 amide bonds. The van der Waals surface area contributed by atoms with Gasteiger partial charge in [-0.05, 0) is 5.56 Å². The van der Waals surface area contributed by atoms with E-state index in [1.165, 1.54) is 5.56 Å². The van der Waals surface area contributed by atoms with Crippen LogP contribution in [0.1, 0.15) is 5.56 Å². The van der Waals surface area contributed by atoms with Crippen molar-refractivity contribution in [1.82, 2.24) is 0 Å². The van der Waals surface area contributed by atoms with Crippen LogP contribution in [-0.2, 0) is 11.3 Å². The van der Waals surface area contributed by atoms with Crippen LogP contribution in [0.15, 0.2) is 30.3 Å². The molecule has 0 saturated heterocycles. The van der Waals surface area contributed by atoms with Gasteiger partial charge in [0.2, 0.25) is 0 Å². The summed E-state index contributed by atoms with van der Waals surface area (Å²) in [7, 11) is 0. The van der Waals surface area contributed by atoms with Crippen molar-refractivity contribution in [2.45, 2.75) is 6.61 Å². The van der Waals surface area contributed by atoms with Crippen molar-refractivity contribution in [3.05, 3.63) is 42.8 Å². The molecule has 0 atom stereocenters. The van der Waals surface area contributed by atoms with Crippen LogP contribution >= 0.6 is 0 Å². The van der Waals surface area contributed by atoms with Gasteiger partial charge in [0.05, 0.1) is 6.61 Å². The van der Waals surface area contributed by atoms with Crippen LogP contribution in [-0.4, -0.2) is 29.7 Å². The SMILES string of the molecule is [Br-].[CH2-]C#CCOCc1ccccc1.[Mg+2]. The minimum absolute atomic E-state index is 0. The molecule has 0 aliphatic rings. The van der Waals surface area contributed by atoms with E-state index in [0.717, 1.165) is 0 Å². The molecule has 0 saturated carbocycles. The Bertz CT molecular complexity index is 276. The Labute approximate surface area is 112 Å². The Kier molecular flexibility index (Phi) is 12.7. The van der Waals surface area contributed by atoms with Gasteiger partial charge in [0.15, 0.2) is 0 Å². The van der Waals surface area contributed by atoms with E-state index >= 15 is 0 Å². The third-order valence-electron chi connectivity index (χ3n) is 1.41. The zero-order valence-corrected chi connectivity index (χ0v) is 11.0. The summed E-state index contributed by atoms with van der Waals surface area (Å²) < 4.78 is 5.25. The van der Waals surface area contributed by atoms with E-state index in [0.29, 0.717) is 13.2 Å². The minimum Gasteiger partial charge on any atom is -1.00 e. The molecule has 1 aromatic rings. The molecule has 0 unspecified atom stereocenters. The maximum atomic E-state index is 5.25. The second kappa shape index (κ2) is 10.9. The van der Waals surface area contributed by atoms with Gasteiger partial charge in [0.25, 0.3) is 0 Å². The first-order valence-electron chi connectivity index (χ1n) is 3.80. The minimum atomic E-state index is 0. The fourth-order valence-corrected chi connectivity index (χ4v) is 0.845. The van der Waals surface area contributed by atoms with Crippen LogP contribution < -0.4 is 17.0 Å². The van der Waals surface area contributed by atoms with Gasteiger partial charge in [0, 0.05) is 6.61 Å². The molecule has 1 nitrogen and oxygen atoms in total. The second-order valence-electron chi connectivity index (χ2n) is 2.33. The van der Waals surface area contributed by atoms with E-state index in [2.05, 4.69) is 18.8 Å². The van der Waals surface area contributed by atoms with Crippen molar-refractivity contribution < 1.29 is 21.7 Å². The van der Waals surface area contributed by atoms with Crippen molar-refractivity contribution >= 4 is 23.1 Å². The molecular weight excluding hydrogens is 252 g/mol. The number of rotatable bonds is 3. The molecule has 0 heterocycles. The molecule has 0 aliphatic carbocycles. The standard InChI is InChI=1S/C11H11O.BrH.Mg/c1-2-3-9-12-10-11-7-5-4-6-8-11;;/h4-8H,1,9-10H2;1H;/q-1;;+2/p-1. The predicted octanol–water partition coefficient (Wildman–Crippen LogP) is -1.34.